The third-order valence-electron chi connectivity index (χ3n) is 16.3. The van der Waals surface area contributed by atoms with E-state index in [1.807, 2.05) is 12.2 Å². The van der Waals surface area contributed by atoms with E-state index in [-0.39, 0.29) is 74.4 Å². The van der Waals surface area contributed by atoms with Crippen molar-refractivity contribution in [2.24, 2.45) is 74.9 Å². The molecule has 0 aromatic rings. The highest BCUT2D eigenvalue weighted by Crippen LogP contribution is 2.68. The Hall–Kier alpha value is -3.23. The summed E-state index contributed by atoms with van der Waals surface area (Å²) in [5.74, 6) is 1.40. The van der Waals surface area contributed by atoms with Crippen LogP contribution in [0.5, 0.6) is 0 Å². The first-order valence-corrected chi connectivity index (χ1v) is 19.6. The molecule has 15 atom stereocenters. The number of allylic oxidation sites excluding steroid dienone is 10. The number of carbonyl (C=O) groups is 5. The summed E-state index contributed by atoms with van der Waals surface area (Å²) in [6, 6.07) is 0. The fraction of sp³-hybridized carbons (Fsp3) is 0.659. The monoisotopic (exact) mass is 712 g/mol. The van der Waals surface area contributed by atoms with Gasteiger partial charge in [0.2, 0.25) is 0 Å². The molecule has 3 N–H and O–H groups in total. The number of aliphatic hydroxyl groups is 3. The number of carbonyl (C=O) groups excluding carboxylic acids is 5. The van der Waals surface area contributed by atoms with Gasteiger partial charge in [0.25, 0.3) is 0 Å². The van der Waals surface area contributed by atoms with Crippen LogP contribution in [0.2, 0.25) is 0 Å². The Labute approximate surface area is 307 Å². The first kappa shape index (κ1) is 37.1. The predicted octanol–water partition coefficient (Wildman–Crippen LogP) is 6.42. The van der Waals surface area contributed by atoms with Crippen molar-refractivity contribution in [1.82, 2.24) is 0 Å². The minimum Gasteiger partial charge on any atom is -0.505 e. The summed E-state index contributed by atoms with van der Waals surface area (Å²) >= 11 is 0. The summed E-state index contributed by atoms with van der Waals surface area (Å²) in [6.45, 7) is 12.9. The van der Waals surface area contributed by atoms with E-state index in [1.165, 1.54) is 0 Å². The van der Waals surface area contributed by atoms with Crippen LogP contribution in [-0.2, 0) is 24.0 Å². The minimum atomic E-state index is -0.528. The van der Waals surface area contributed by atoms with Gasteiger partial charge in [-0.2, -0.15) is 0 Å². The fourth-order valence-electron chi connectivity index (χ4n) is 14.4. The summed E-state index contributed by atoms with van der Waals surface area (Å²) in [6.07, 6.45) is 17.2. The molecule has 0 aromatic heterocycles. The largest absolute Gasteiger partial charge is 0.505 e. The van der Waals surface area contributed by atoms with Crippen LogP contribution in [0.15, 0.2) is 58.9 Å². The Morgan fingerprint density at radius 1 is 0.750 bits per heavy atom. The molecule has 52 heavy (non-hydrogen) atoms. The molecular formula is C44H56O8. The number of hydrogen-bond donors (Lipinski definition) is 3. The zero-order chi connectivity index (χ0) is 37.7. The molecule has 0 heterocycles. The SMILES string of the molecule is C[C@H]1C[C@@H]2[C@H]([C@@H](O)C[C@]3(C)C(=C(O)C=O)CC[C@@H]23)[C@@]2(C)C=CC(=O)C=C12.C[C@H]1C[C@@H]2[C@H]([C@@H](O)C[C@]3(C)[C@@H](C(=O)C=O)CC[C@@H]23)[C@@]2(C)C=CC(=O)C=C12. The number of rotatable bonds is 3. The topological polar surface area (TPSA) is 146 Å². The van der Waals surface area contributed by atoms with Gasteiger partial charge in [0.1, 0.15) is 0 Å². The standard InChI is InChI=1S/2C22H28O4/c2*1-12-8-14-15-4-5-16(19(26)11-23)22(15,3)10-18(25)20(14)21(2)7-6-13(24)9-17(12)21/h6-7,9,11-12,14-15,18,20,25-26H,4-5,8,10H2,1-3H3;6-7,9,11-12,14-16,18,20,25H,4-5,8,10H2,1-3H3/t12-,14-,15-,18-,20+,21-,22-;12-,14-,15-,16+,18-,20+,21-,22-/m00/s1. The van der Waals surface area contributed by atoms with Gasteiger partial charge in [-0.1, -0.05) is 64.8 Å². The highest BCUT2D eigenvalue weighted by molar-refractivity contribution is 6.26. The Morgan fingerprint density at radius 3 is 1.79 bits per heavy atom. The van der Waals surface area contributed by atoms with E-state index in [4.69, 9.17) is 0 Å². The summed E-state index contributed by atoms with van der Waals surface area (Å²) in [5.41, 5.74) is 1.90. The van der Waals surface area contributed by atoms with Gasteiger partial charge in [-0.25, -0.2) is 0 Å². The molecule has 280 valence electrons. The van der Waals surface area contributed by atoms with Gasteiger partial charge in [0.05, 0.1) is 12.2 Å². The molecular weight excluding hydrogens is 656 g/mol. The lowest BCUT2D eigenvalue weighted by molar-refractivity contribution is -0.145. The molecule has 0 saturated heterocycles. The predicted molar refractivity (Wildman–Crippen MR) is 195 cm³/mol. The van der Waals surface area contributed by atoms with Crippen molar-refractivity contribution in [3.63, 3.8) is 0 Å². The van der Waals surface area contributed by atoms with Gasteiger partial charge in [-0.15, -0.1) is 0 Å². The van der Waals surface area contributed by atoms with Crippen molar-refractivity contribution in [3.05, 3.63) is 58.9 Å². The summed E-state index contributed by atoms with van der Waals surface area (Å²) in [5, 5.41) is 32.5. The van der Waals surface area contributed by atoms with Crippen LogP contribution in [0.3, 0.4) is 0 Å². The maximum Gasteiger partial charge on any atom is 0.198 e. The van der Waals surface area contributed by atoms with Crippen molar-refractivity contribution in [2.75, 3.05) is 0 Å². The molecule has 6 fully saturated rings. The normalized spacial score (nSPS) is 49.3. The van der Waals surface area contributed by atoms with Crippen LogP contribution in [-0.4, -0.2) is 57.4 Å². The van der Waals surface area contributed by atoms with Gasteiger partial charge < -0.3 is 15.3 Å². The molecule has 8 nitrogen and oxygen atoms in total. The first-order valence-electron chi connectivity index (χ1n) is 19.6. The van der Waals surface area contributed by atoms with Gasteiger partial charge in [-0.05, 0) is 128 Å². The van der Waals surface area contributed by atoms with Crippen molar-refractivity contribution < 1.29 is 39.3 Å². The molecule has 0 aromatic carbocycles. The van der Waals surface area contributed by atoms with E-state index in [0.717, 1.165) is 55.2 Å². The highest BCUT2D eigenvalue weighted by Gasteiger charge is 2.64. The van der Waals surface area contributed by atoms with Crippen molar-refractivity contribution in [3.8, 4) is 0 Å². The quantitative estimate of drug-likeness (QED) is 0.132. The third-order valence-corrected chi connectivity index (χ3v) is 16.3. The Bertz CT molecular complexity index is 1750. The van der Waals surface area contributed by atoms with Crippen molar-refractivity contribution in [1.29, 1.82) is 0 Å². The molecule has 8 aliphatic rings. The number of hydrogen-bond acceptors (Lipinski definition) is 8. The van der Waals surface area contributed by atoms with Gasteiger partial charge >= 0.3 is 0 Å². The number of Topliss-reactive ketones (excluding diaryl/α,β-unsaturated/α-hetero) is 1. The maximum absolute atomic E-state index is 12.2. The number of ketones is 3. The molecule has 0 aliphatic heterocycles. The Kier molecular flexibility index (Phi) is 9.05. The van der Waals surface area contributed by atoms with E-state index in [1.54, 1.807) is 24.3 Å². The molecule has 0 radical (unpaired) electrons. The summed E-state index contributed by atoms with van der Waals surface area (Å²) in [7, 11) is 0. The lowest BCUT2D eigenvalue weighted by Crippen LogP contribution is -2.57. The van der Waals surface area contributed by atoms with Crippen LogP contribution >= 0.6 is 0 Å². The maximum atomic E-state index is 12.2. The second-order valence-corrected chi connectivity index (χ2v) is 18.7. The van der Waals surface area contributed by atoms with Crippen LogP contribution < -0.4 is 0 Å². The second-order valence-electron chi connectivity index (χ2n) is 18.7. The summed E-state index contributed by atoms with van der Waals surface area (Å²) in [4.78, 5) is 58.4. The smallest absolute Gasteiger partial charge is 0.198 e. The zero-order valence-electron chi connectivity index (χ0n) is 31.5. The van der Waals surface area contributed by atoms with E-state index in [9.17, 15) is 39.3 Å². The molecule has 0 bridgehead atoms. The molecule has 0 unspecified atom stereocenters. The fourth-order valence-corrected chi connectivity index (χ4v) is 14.4. The summed E-state index contributed by atoms with van der Waals surface area (Å²) < 4.78 is 0. The van der Waals surface area contributed by atoms with Crippen molar-refractivity contribution >= 4 is 29.9 Å². The van der Waals surface area contributed by atoms with Crippen LogP contribution in [0.4, 0.5) is 0 Å². The van der Waals surface area contributed by atoms with E-state index < -0.39 is 12.2 Å². The average molecular weight is 713 g/mol. The van der Waals surface area contributed by atoms with E-state index in [0.29, 0.717) is 49.1 Å². The Morgan fingerprint density at radius 2 is 1.27 bits per heavy atom. The zero-order valence-corrected chi connectivity index (χ0v) is 31.5. The molecule has 0 amide bonds. The van der Waals surface area contributed by atoms with E-state index >= 15 is 0 Å². The van der Waals surface area contributed by atoms with Crippen molar-refractivity contribution in [2.45, 2.75) is 105 Å². The molecule has 0 spiro atoms. The minimum absolute atomic E-state index is 0.0374. The number of aliphatic hydroxyl groups excluding tert-OH is 3. The number of aldehydes is 2. The highest BCUT2D eigenvalue weighted by atomic mass is 16.3. The van der Waals surface area contributed by atoms with Crippen LogP contribution in [0.1, 0.15) is 92.9 Å². The van der Waals surface area contributed by atoms with E-state index in [2.05, 4.69) is 41.5 Å². The van der Waals surface area contributed by atoms with Gasteiger partial charge in [-0.3, -0.25) is 24.0 Å². The molecule has 6 saturated carbocycles. The van der Waals surface area contributed by atoms with Gasteiger partial charge in [0, 0.05) is 28.6 Å². The second kappa shape index (κ2) is 12.7. The lowest BCUT2D eigenvalue weighted by Gasteiger charge is -2.60. The lowest BCUT2D eigenvalue weighted by atomic mass is 9.45. The molecule has 8 heteroatoms. The average Bonchev–Trinajstić information content (AvgIpc) is 3.61. The van der Waals surface area contributed by atoms with Crippen LogP contribution in [0, 0.1) is 74.9 Å². The molecule has 8 rings (SSSR count). The third kappa shape index (κ3) is 5.24. The first-order chi connectivity index (χ1) is 24.4. The molecule has 8 aliphatic carbocycles. The number of fused-ring (bicyclic) bond motifs is 10. The Balaban J connectivity index is 0.000000162. The van der Waals surface area contributed by atoms with Gasteiger partial charge in [0.15, 0.2) is 35.7 Å². The van der Waals surface area contributed by atoms with Crippen LogP contribution in [0.25, 0.3) is 0 Å².